The van der Waals surface area contributed by atoms with Gasteiger partial charge < -0.3 is 10.6 Å². The zero-order valence-electron chi connectivity index (χ0n) is 16.2. The summed E-state index contributed by atoms with van der Waals surface area (Å²) < 4.78 is 9.34. The number of urea groups is 1. The van der Waals surface area contributed by atoms with Gasteiger partial charge in [-0.3, -0.25) is 0 Å². The summed E-state index contributed by atoms with van der Waals surface area (Å²) in [6.45, 7) is 3.69. The number of nitrogens with zero attached hydrogens (tertiary/aromatic N) is 1. The van der Waals surface area contributed by atoms with Crippen molar-refractivity contribution in [2.75, 3.05) is 13.1 Å². The lowest BCUT2D eigenvalue weighted by molar-refractivity contribution is 0.240. The Labute approximate surface area is 161 Å². The van der Waals surface area contributed by atoms with Crippen LogP contribution in [0.15, 0.2) is 16.5 Å². The Balaban J connectivity index is 1.81. The van der Waals surface area contributed by atoms with Crippen molar-refractivity contribution < 1.29 is 9.08 Å². The molecule has 0 bridgehead atoms. The summed E-state index contributed by atoms with van der Waals surface area (Å²) in [5.74, 6) is 4.67. The van der Waals surface area contributed by atoms with Gasteiger partial charge >= 0.3 is 6.03 Å². The SMILES string of the molecule is C=S1N=C(CCCCC/C=C/CCCCNC(=O)NCCCCC)NO1. The van der Waals surface area contributed by atoms with Gasteiger partial charge in [0.1, 0.15) is 5.84 Å². The monoisotopic (exact) mass is 384 g/mol. The first-order valence-corrected chi connectivity index (χ1v) is 11.2. The van der Waals surface area contributed by atoms with Crippen LogP contribution in [0.3, 0.4) is 0 Å². The fourth-order valence-electron chi connectivity index (χ4n) is 2.55. The fourth-order valence-corrected chi connectivity index (χ4v) is 3.15. The molecule has 6 nitrogen and oxygen atoms in total. The van der Waals surface area contributed by atoms with Crippen LogP contribution >= 0.6 is 11.0 Å². The fraction of sp³-hybridized carbons (Fsp3) is 0.737. The molecule has 0 saturated heterocycles. The number of hydrogen-bond donors (Lipinski definition) is 3. The Hall–Kier alpha value is -1.34. The molecular weight excluding hydrogens is 348 g/mol. The van der Waals surface area contributed by atoms with Crippen molar-refractivity contribution in [3.8, 4) is 0 Å². The van der Waals surface area contributed by atoms with Crippen LogP contribution in [0.2, 0.25) is 0 Å². The zero-order chi connectivity index (χ0) is 18.9. The number of hydroxylamine groups is 1. The summed E-state index contributed by atoms with van der Waals surface area (Å²) in [5, 5.41) is 5.80. The molecule has 7 heteroatoms. The highest BCUT2D eigenvalue weighted by Crippen LogP contribution is 2.18. The van der Waals surface area contributed by atoms with Crippen molar-refractivity contribution >= 4 is 28.7 Å². The Morgan fingerprint density at radius 1 is 1.08 bits per heavy atom. The van der Waals surface area contributed by atoms with Crippen LogP contribution in [-0.4, -0.2) is 30.8 Å². The number of nitrogens with one attached hydrogen (secondary N) is 3. The van der Waals surface area contributed by atoms with E-state index >= 15 is 0 Å². The van der Waals surface area contributed by atoms with Crippen molar-refractivity contribution in [1.29, 1.82) is 0 Å². The van der Waals surface area contributed by atoms with E-state index in [1.54, 1.807) is 0 Å². The van der Waals surface area contributed by atoms with Crippen LogP contribution in [0.25, 0.3) is 0 Å². The third-order valence-corrected chi connectivity index (χ3v) is 4.77. The summed E-state index contributed by atoms with van der Waals surface area (Å²) in [7, 11) is -0.535. The lowest BCUT2D eigenvalue weighted by atomic mass is 10.1. The van der Waals surface area contributed by atoms with Gasteiger partial charge in [0.25, 0.3) is 0 Å². The second kappa shape index (κ2) is 15.9. The molecule has 2 amide bonds. The van der Waals surface area contributed by atoms with Gasteiger partial charge in [-0.2, -0.15) is 8.68 Å². The van der Waals surface area contributed by atoms with E-state index in [4.69, 9.17) is 4.28 Å². The van der Waals surface area contributed by atoms with Gasteiger partial charge in [0, 0.05) is 19.5 Å². The summed E-state index contributed by atoms with van der Waals surface area (Å²) in [6.07, 6.45) is 16.8. The van der Waals surface area contributed by atoms with Crippen molar-refractivity contribution in [3.63, 3.8) is 0 Å². The van der Waals surface area contributed by atoms with E-state index in [0.29, 0.717) is 0 Å². The van der Waals surface area contributed by atoms with Gasteiger partial charge in [0.15, 0.2) is 0 Å². The summed E-state index contributed by atoms with van der Waals surface area (Å²) in [5.41, 5.74) is 2.82. The molecule has 1 unspecified atom stereocenters. The van der Waals surface area contributed by atoms with E-state index in [-0.39, 0.29) is 6.03 Å². The second-order valence-electron chi connectivity index (χ2n) is 6.50. The van der Waals surface area contributed by atoms with Crippen LogP contribution in [0, 0.1) is 0 Å². The van der Waals surface area contributed by atoms with Gasteiger partial charge in [-0.15, -0.1) is 0 Å². The lowest BCUT2D eigenvalue weighted by Crippen LogP contribution is -2.36. The number of amidine groups is 1. The first kappa shape index (κ1) is 22.7. The second-order valence-corrected chi connectivity index (χ2v) is 7.49. The number of rotatable bonds is 15. The molecule has 0 fully saturated rings. The number of unbranched alkanes of at least 4 members (excludes halogenated alkanes) is 7. The molecule has 0 spiro atoms. The molecule has 1 heterocycles. The van der Waals surface area contributed by atoms with Gasteiger partial charge in [0.05, 0.1) is 11.0 Å². The summed E-state index contributed by atoms with van der Waals surface area (Å²) >= 11 is 0. The van der Waals surface area contributed by atoms with Crippen molar-refractivity contribution in [2.45, 2.75) is 77.6 Å². The van der Waals surface area contributed by atoms with Crippen LogP contribution < -0.4 is 16.1 Å². The Bertz CT molecular complexity index is 466. The minimum atomic E-state index is -0.535. The molecule has 1 atom stereocenters. The van der Waals surface area contributed by atoms with Crippen LogP contribution in [0.5, 0.6) is 0 Å². The van der Waals surface area contributed by atoms with Crippen LogP contribution in [-0.2, 0) is 4.28 Å². The number of carbonyl (C=O) groups excluding carboxylic acids is 1. The Kier molecular flexibility index (Phi) is 13.9. The van der Waals surface area contributed by atoms with Gasteiger partial charge in [0.2, 0.25) is 0 Å². The predicted octanol–water partition coefficient (Wildman–Crippen LogP) is 4.62. The standard InChI is InChI=1S/C19H36N4O2S/c1-3-4-13-16-20-19(24)21-17-14-11-9-7-5-6-8-10-12-15-18-22-25-26(2)23-18/h5,7H,2-4,6,8-17H2,1H3,(H,22,23)(H2,20,21,24)/b7-5+. The number of allylic oxidation sites excluding steroid dienone is 2. The molecule has 1 aliphatic heterocycles. The van der Waals surface area contributed by atoms with E-state index in [1.807, 2.05) is 0 Å². The van der Waals surface area contributed by atoms with E-state index in [9.17, 15) is 4.79 Å². The summed E-state index contributed by atoms with van der Waals surface area (Å²) in [6, 6.07) is -0.0341. The van der Waals surface area contributed by atoms with E-state index in [1.165, 1.54) is 25.7 Å². The molecule has 0 aromatic rings. The molecular formula is C19H36N4O2S. The smallest absolute Gasteiger partial charge is 0.314 e. The summed E-state index contributed by atoms with van der Waals surface area (Å²) in [4.78, 5) is 11.5. The van der Waals surface area contributed by atoms with Crippen molar-refractivity contribution in [3.05, 3.63) is 12.2 Å². The van der Waals surface area contributed by atoms with Crippen LogP contribution in [0.4, 0.5) is 4.79 Å². The van der Waals surface area contributed by atoms with Crippen LogP contribution in [0.1, 0.15) is 77.6 Å². The third kappa shape index (κ3) is 12.9. The maximum absolute atomic E-state index is 11.5. The largest absolute Gasteiger partial charge is 0.338 e. The maximum atomic E-state index is 11.5. The molecule has 26 heavy (non-hydrogen) atoms. The normalized spacial score (nSPS) is 16.5. The molecule has 1 rings (SSSR count). The topological polar surface area (TPSA) is 74.8 Å². The highest BCUT2D eigenvalue weighted by atomic mass is 32.2. The Morgan fingerprint density at radius 3 is 2.35 bits per heavy atom. The lowest BCUT2D eigenvalue weighted by Gasteiger charge is -2.06. The van der Waals surface area contributed by atoms with Gasteiger partial charge in [-0.25, -0.2) is 10.3 Å². The first-order chi connectivity index (χ1) is 12.7. The molecule has 0 aromatic heterocycles. The average Bonchev–Trinajstić information content (AvgIpc) is 3.05. The molecule has 0 radical (unpaired) electrons. The Morgan fingerprint density at radius 2 is 1.73 bits per heavy atom. The van der Waals surface area contributed by atoms with Crippen molar-refractivity contribution in [1.82, 2.24) is 16.1 Å². The number of amides is 2. The van der Waals surface area contributed by atoms with Gasteiger partial charge in [-0.1, -0.05) is 38.3 Å². The first-order valence-electron chi connectivity index (χ1n) is 9.94. The van der Waals surface area contributed by atoms with E-state index < -0.39 is 11.0 Å². The molecule has 0 aromatic carbocycles. The van der Waals surface area contributed by atoms with Gasteiger partial charge in [-0.05, 0) is 50.8 Å². The third-order valence-electron chi connectivity index (χ3n) is 4.07. The molecule has 0 aliphatic carbocycles. The molecule has 0 saturated carbocycles. The highest BCUT2D eigenvalue weighted by molar-refractivity contribution is 8.09. The quantitative estimate of drug-likeness (QED) is 0.219. The van der Waals surface area contributed by atoms with E-state index in [2.05, 4.69) is 45.5 Å². The maximum Gasteiger partial charge on any atom is 0.314 e. The predicted molar refractivity (Wildman–Crippen MR) is 113 cm³/mol. The van der Waals surface area contributed by atoms with Crippen molar-refractivity contribution in [2.24, 2.45) is 4.40 Å². The minimum Gasteiger partial charge on any atom is -0.338 e. The molecule has 150 valence electrons. The highest BCUT2D eigenvalue weighted by Gasteiger charge is 2.07. The number of hydrogen-bond acceptors (Lipinski definition) is 4. The molecule has 3 N–H and O–H groups in total. The van der Waals surface area contributed by atoms with E-state index in [0.717, 1.165) is 63.9 Å². The number of carbonyl (C=O) groups is 1. The molecule has 1 aliphatic rings. The zero-order valence-corrected chi connectivity index (χ0v) is 17.0. The average molecular weight is 385 g/mol. The minimum absolute atomic E-state index is 0.0341.